The predicted octanol–water partition coefficient (Wildman–Crippen LogP) is 3.65. The van der Waals surface area contributed by atoms with Gasteiger partial charge in [0.25, 0.3) is 0 Å². The van der Waals surface area contributed by atoms with E-state index in [0.29, 0.717) is 0 Å². The van der Waals surface area contributed by atoms with Gasteiger partial charge in [-0.2, -0.15) is 0 Å². The summed E-state index contributed by atoms with van der Waals surface area (Å²) in [4.78, 5) is 1.27. The number of benzene rings is 1. The van der Waals surface area contributed by atoms with Gasteiger partial charge in [0.2, 0.25) is 0 Å². The van der Waals surface area contributed by atoms with Crippen molar-refractivity contribution in [2.75, 3.05) is 6.61 Å². The summed E-state index contributed by atoms with van der Waals surface area (Å²) in [6, 6.07) is 10.3. The number of hydrazine groups is 1. The molecule has 3 N–H and O–H groups in total. The molecule has 0 saturated heterocycles. The van der Waals surface area contributed by atoms with E-state index >= 15 is 0 Å². The van der Waals surface area contributed by atoms with Crippen LogP contribution in [-0.4, -0.2) is 6.61 Å². The summed E-state index contributed by atoms with van der Waals surface area (Å²) in [6.07, 6.45) is 2.00. The molecule has 1 unspecified atom stereocenters. The van der Waals surface area contributed by atoms with E-state index in [1.54, 1.807) is 11.3 Å². The van der Waals surface area contributed by atoms with Gasteiger partial charge in [-0.3, -0.25) is 5.84 Å². The first kappa shape index (κ1) is 15.0. The largest absolute Gasteiger partial charge is 0.493 e. The highest BCUT2D eigenvalue weighted by atomic mass is 32.1. The van der Waals surface area contributed by atoms with Gasteiger partial charge in [-0.1, -0.05) is 32.0 Å². The third-order valence-corrected chi connectivity index (χ3v) is 4.31. The molecule has 0 bridgehead atoms. The molecule has 1 aromatic heterocycles. The smallest absolute Gasteiger partial charge is 0.124 e. The highest BCUT2D eigenvalue weighted by Crippen LogP contribution is 2.34. The lowest BCUT2D eigenvalue weighted by Crippen LogP contribution is -2.29. The first-order valence-corrected chi connectivity index (χ1v) is 7.93. The van der Waals surface area contributed by atoms with Crippen molar-refractivity contribution in [3.8, 4) is 5.75 Å². The topological polar surface area (TPSA) is 47.3 Å². The lowest BCUT2D eigenvalue weighted by atomic mass is 10.0. The number of nitrogens with two attached hydrogens (primary N) is 1. The number of hydrogen-bond acceptors (Lipinski definition) is 4. The highest BCUT2D eigenvalue weighted by molar-refractivity contribution is 7.10. The lowest BCUT2D eigenvalue weighted by molar-refractivity contribution is 0.312. The zero-order valence-electron chi connectivity index (χ0n) is 12.1. The maximum absolute atomic E-state index is 5.85. The van der Waals surface area contributed by atoms with E-state index in [1.807, 2.05) is 18.2 Å². The summed E-state index contributed by atoms with van der Waals surface area (Å²) in [6.45, 7) is 4.99. The normalized spacial score (nSPS) is 12.3. The van der Waals surface area contributed by atoms with E-state index in [9.17, 15) is 0 Å². The SMILES string of the molecule is CCCOc1ccccc1C(NN)c1sccc1CC. The highest BCUT2D eigenvalue weighted by Gasteiger charge is 2.20. The number of ether oxygens (including phenoxy) is 1. The molecule has 1 aromatic carbocycles. The van der Waals surface area contributed by atoms with Gasteiger partial charge < -0.3 is 4.74 Å². The summed E-state index contributed by atoms with van der Waals surface area (Å²) < 4.78 is 5.85. The van der Waals surface area contributed by atoms with Crippen molar-refractivity contribution in [3.05, 3.63) is 51.7 Å². The van der Waals surface area contributed by atoms with Crippen LogP contribution in [0, 0.1) is 0 Å². The molecule has 0 aliphatic heterocycles. The Hall–Kier alpha value is -1.36. The third-order valence-electron chi connectivity index (χ3n) is 3.28. The van der Waals surface area contributed by atoms with Crippen LogP contribution in [0.4, 0.5) is 0 Å². The van der Waals surface area contributed by atoms with E-state index in [2.05, 4.69) is 36.8 Å². The summed E-state index contributed by atoms with van der Waals surface area (Å²) in [5.74, 6) is 6.73. The number of hydrogen-bond donors (Lipinski definition) is 2. The molecule has 1 atom stereocenters. The van der Waals surface area contributed by atoms with Gasteiger partial charge in [-0.25, -0.2) is 5.43 Å². The van der Waals surface area contributed by atoms with E-state index in [-0.39, 0.29) is 6.04 Å². The van der Waals surface area contributed by atoms with Crippen LogP contribution in [0.1, 0.15) is 42.3 Å². The molecule has 0 saturated carbocycles. The molecule has 2 aromatic rings. The monoisotopic (exact) mass is 290 g/mol. The lowest BCUT2D eigenvalue weighted by Gasteiger charge is -2.20. The molecule has 2 rings (SSSR count). The van der Waals surface area contributed by atoms with Gasteiger partial charge in [0.05, 0.1) is 12.6 Å². The Kier molecular flexibility index (Phi) is 5.59. The molecule has 0 spiro atoms. The minimum Gasteiger partial charge on any atom is -0.493 e. The molecule has 108 valence electrons. The van der Waals surface area contributed by atoms with Crippen LogP contribution in [0.15, 0.2) is 35.7 Å². The number of para-hydroxylation sites is 1. The maximum Gasteiger partial charge on any atom is 0.124 e. The summed E-state index contributed by atoms with van der Waals surface area (Å²) in [5, 5.41) is 2.12. The Morgan fingerprint density at radius 3 is 2.75 bits per heavy atom. The molecular formula is C16H22N2OS. The molecule has 4 heteroatoms. The van der Waals surface area contributed by atoms with Gasteiger partial charge in [-0.05, 0) is 35.9 Å². The quantitative estimate of drug-likeness (QED) is 0.604. The molecule has 0 aliphatic rings. The molecule has 1 heterocycles. The van der Waals surface area contributed by atoms with Crippen molar-refractivity contribution in [1.82, 2.24) is 5.43 Å². The minimum absolute atomic E-state index is 0.0157. The summed E-state index contributed by atoms with van der Waals surface area (Å²) in [7, 11) is 0. The Labute approximate surface area is 124 Å². The fourth-order valence-corrected chi connectivity index (χ4v) is 3.34. The zero-order valence-corrected chi connectivity index (χ0v) is 12.9. The second-order valence-electron chi connectivity index (χ2n) is 4.65. The van der Waals surface area contributed by atoms with Crippen molar-refractivity contribution in [2.24, 2.45) is 5.84 Å². The molecule has 0 fully saturated rings. The van der Waals surface area contributed by atoms with Crippen LogP contribution in [0.5, 0.6) is 5.75 Å². The van der Waals surface area contributed by atoms with Crippen molar-refractivity contribution in [3.63, 3.8) is 0 Å². The Bertz CT molecular complexity index is 539. The molecule has 0 amide bonds. The summed E-state index contributed by atoms with van der Waals surface area (Å²) in [5.41, 5.74) is 5.38. The summed E-state index contributed by atoms with van der Waals surface area (Å²) >= 11 is 1.74. The van der Waals surface area contributed by atoms with E-state index in [1.165, 1.54) is 10.4 Å². The van der Waals surface area contributed by atoms with Gasteiger partial charge in [-0.15, -0.1) is 11.3 Å². The van der Waals surface area contributed by atoms with E-state index in [0.717, 1.165) is 30.8 Å². The van der Waals surface area contributed by atoms with Crippen LogP contribution >= 0.6 is 11.3 Å². The predicted molar refractivity (Wildman–Crippen MR) is 85.1 cm³/mol. The Balaban J connectivity index is 2.36. The Morgan fingerprint density at radius 1 is 1.25 bits per heavy atom. The molecule has 3 nitrogen and oxygen atoms in total. The second-order valence-corrected chi connectivity index (χ2v) is 5.60. The van der Waals surface area contributed by atoms with Crippen molar-refractivity contribution in [2.45, 2.75) is 32.7 Å². The first-order valence-electron chi connectivity index (χ1n) is 7.05. The van der Waals surface area contributed by atoms with Gasteiger partial charge in [0, 0.05) is 10.4 Å². The van der Waals surface area contributed by atoms with Crippen molar-refractivity contribution >= 4 is 11.3 Å². The standard InChI is InChI=1S/C16H22N2OS/c1-3-10-19-14-8-6-5-7-13(14)15(18-17)16-12(4-2)9-11-20-16/h5-9,11,15,18H,3-4,10,17H2,1-2H3. The van der Waals surface area contributed by atoms with E-state index < -0.39 is 0 Å². The zero-order chi connectivity index (χ0) is 14.4. The first-order chi connectivity index (χ1) is 9.81. The minimum atomic E-state index is -0.0157. The number of rotatable bonds is 7. The molecule has 20 heavy (non-hydrogen) atoms. The van der Waals surface area contributed by atoms with Gasteiger partial charge in [0.15, 0.2) is 0 Å². The second kappa shape index (κ2) is 7.43. The number of thiophene rings is 1. The molecule has 0 aliphatic carbocycles. The van der Waals surface area contributed by atoms with Crippen LogP contribution in [-0.2, 0) is 6.42 Å². The van der Waals surface area contributed by atoms with E-state index in [4.69, 9.17) is 10.6 Å². The number of aryl methyl sites for hydroxylation is 1. The number of nitrogens with one attached hydrogen (secondary N) is 1. The average Bonchev–Trinajstić information content (AvgIpc) is 2.95. The third kappa shape index (κ3) is 3.20. The molecule has 0 radical (unpaired) electrons. The molecular weight excluding hydrogens is 268 g/mol. The Morgan fingerprint density at radius 2 is 2.05 bits per heavy atom. The van der Waals surface area contributed by atoms with Gasteiger partial charge >= 0.3 is 0 Å². The van der Waals surface area contributed by atoms with Crippen LogP contribution in [0.25, 0.3) is 0 Å². The fourth-order valence-electron chi connectivity index (χ4n) is 2.26. The average molecular weight is 290 g/mol. The maximum atomic E-state index is 5.85. The van der Waals surface area contributed by atoms with Crippen molar-refractivity contribution in [1.29, 1.82) is 0 Å². The van der Waals surface area contributed by atoms with Crippen LogP contribution in [0.3, 0.4) is 0 Å². The fraction of sp³-hybridized carbons (Fsp3) is 0.375. The van der Waals surface area contributed by atoms with Crippen LogP contribution in [0.2, 0.25) is 0 Å². The van der Waals surface area contributed by atoms with Crippen LogP contribution < -0.4 is 16.0 Å². The van der Waals surface area contributed by atoms with Gasteiger partial charge in [0.1, 0.15) is 5.75 Å². The van der Waals surface area contributed by atoms with Crippen molar-refractivity contribution < 1.29 is 4.74 Å².